The summed E-state index contributed by atoms with van der Waals surface area (Å²) in [5.74, 6) is -1.74. The molecule has 2 N–H and O–H groups in total. The third kappa shape index (κ3) is 14.0. The van der Waals surface area contributed by atoms with Crippen LogP contribution in [0.25, 0.3) is 0 Å². The fraction of sp³-hybridized carbons (Fsp3) is 0.675. The molecule has 0 aromatic heterocycles. The van der Waals surface area contributed by atoms with E-state index in [9.17, 15) is 24.0 Å². The van der Waals surface area contributed by atoms with Crippen LogP contribution in [-0.4, -0.2) is 89.0 Å². The number of hydrogen-bond donors (Lipinski definition) is 2. The minimum atomic E-state index is -1.05. The first-order valence-electron chi connectivity index (χ1n) is 17.8. The van der Waals surface area contributed by atoms with Gasteiger partial charge in [0, 0.05) is 31.1 Å². The second-order valence-electron chi connectivity index (χ2n) is 17.6. The molecule has 0 fully saturated rings. The second-order valence-corrected chi connectivity index (χ2v) is 17.6. The van der Waals surface area contributed by atoms with Crippen molar-refractivity contribution in [2.45, 2.75) is 151 Å². The molecule has 1 aromatic rings. The lowest BCUT2D eigenvalue weighted by atomic mass is 9.76. The highest BCUT2D eigenvalue weighted by Crippen LogP contribution is 2.32. The number of rotatable bonds is 13. The summed E-state index contributed by atoms with van der Waals surface area (Å²) in [5.41, 5.74) is -1.83. The topological polar surface area (TPSA) is 134 Å². The van der Waals surface area contributed by atoms with Crippen molar-refractivity contribution in [2.24, 2.45) is 11.3 Å². The molecule has 0 heterocycles. The highest BCUT2D eigenvalue weighted by atomic mass is 16.6. The highest BCUT2D eigenvalue weighted by Gasteiger charge is 2.46. The summed E-state index contributed by atoms with van der Waals surface area (Å²) in [6.07, 6.45) is 1.08. The minimum Gasteiger partial charge on any atom is -0.460 e. The van der Waals surface area contributed by atoms with Gasteiger partial charge < -0.3 is 25.0 Å². The first kappa shape index (κ1) is 45.1. The predicted octanol–water partition coefficient (Wildman–Crippen LogP) is 6.40. The number of nitrogens with one attached hydrogen (secondary N) is 2. The molecule has 0 aliphatic carbocycles. The molecular weight excluding hydrogens is 648 g/mol. The van der Waals surface area contributed by atoms with Crippen LogP contribution in [0.3, 0.4) is 0 Å². The number of benzene rings is 1. The highest BCUT2D eigenvalue weighted by molar-refractivity contribution is 5.94. The molecule has 0 saturated heterocycles. The van der Waals surface area contributed by atoms with Gasteiger partial charge in [0.25, 0.3) is 0 Å². The van der Waals surface area contributed by atoms with Gasteiger partial charge in [0.15, 0.2) is 0 Å². The Bertz CT molecular complexity index is 1400. The number of likely N-dealkylation sites (N-methyl/N-ethyl adjacent to an activating group) is 2. The molecule has 288 valence electrons. The zero-order valence-corrected chi connectivity index (χ0v) is 34.3. The van der Waals surface area contributed by atoms with Gasteiger partial charge in [-0.1, -0.05) is 84.9 Å². The normalized spacial score (nSPS) is 15.2. The van der Waals surface area contributed by atoms with Crippen molar-refractivity contribution in [1.82, 2.24) is 20.4 Å². The molecule has 0 unspecified atom stereocenters. The van der Waals surface area contributed by atoms with Crippen molar-refractivity contribution in [2.75, 3.05) is 14.1 Å². The Morgan fingerprint density at radius 2 is 1.27 bits per heavy atom. The van der Waals surface area contributed by atoms with E-state index in [0.717, 1.165) is 5.56 Å². The lowest BCUT2D eigenvalue weighted by Gasteiger charge is -2.42. The Morgan fingerprint density at radius 3 is 1.73 bits per heavy atom. The van der Waals surface area contributed by atoms with Crippen LogP contribution in [0.2, 0.25) is 0 Å². The Hall–Kier alpha value is -3.89. The molecule has 0 aliphatic rings. The average Bonchev–Trinajstić information content (AvgIpc) is 2.95. The van der Waals surface area contributed by atoms with Crippen LogP contribution in [0.1, 0.15) is 116 Å². The van der Waals surface area contributed by atoms with Crippen molar-refractivity contribution < 1.29 is 33.4 Å². The Morgan fingerprint density at radius 1 is 0.765 bits per heavy atom. The fourth-order valence-corrected chi connectivity index (χ4v) is 5.78. The summed E-state index contributed by atoms with van der Waals surface area (Å²) in [5, 5.41) is 5.86. The number of carbonyl (C=O) groups excluding carboxylic acids is 5. The van der Waals surface area contributed by atoms with E-state index in [4.69, 9.17) is 9.47 Å². The number of amides is 4. The van der Waals surface area contributed by atoms with Crippen LogP contribution in [0.15, 0.2) is 42.0 Å². The molecule has 11 heteroatoms. The third-order valence-electron chi connectivity index (χ3n) is 8.45. The van der Waals surface area contributed by atoms with Gasteiger partial charge in [-0.05, 0) is 72.3 Å². The third-order valence-corrected chi connectivity index (χ3v) is 8.45. The van der Waals surface area contributed by atoms with Gasteiger partial charge in [0.1, 0.15) is 23.3 Å². The Kier molecular flexibility index (Phi) is 15.5. The Labute approximate surface area is 307 Å². The zero-order chi connectivity index (χ0) is 39.9. The van der Waals surface area contributed by atoms with Crippen LogP contribution < -0.4 is 10.6 Å². The van der Waals surface area contributed by atoms with Crippen molar-refractivity contribution in [3.63, 3.8) is 0 Å². The lowest BCUT2D eigenvalue weighted by Crippen LogP contribution is -2.63. The maximum atomic E-state index is 14.5. The maximum absolute atomic E-state index is 14.5. The molecule has 51 heavy (non-hydrogen) atoms. The van der Waals surface area contributed by atoms with Crippen LogP contribution in [0.5, 0.6) is 0 Å². The SMILES string of the molecule is C/C(=C\[C@H](C(C)C)N(C)C(=O)[C@@H](NC(=O)[C@@H](N(C)C(=O)OC(C)(C)C)C(C)(C)c1ccccc1)C(C)(C)C)C(=O)N[C@H](C)CC(=O)OC(C)(C)C. The Balaban J connectivity index is 3.45. The number of esters is 1. The summed E-state index contributed by atoms with van der Waals surface area (Å²) in [4.78, 5) is 70.5. The largest absolute Gasteiger partial charge is 0.460 e. The standard InChI is InChI=1S/C40H66N4O7/c1-25(2)29(23-26(3)33(46)41-27(4)24-30(45)50-38(8,9)10)43(16)35(48)31(37(5,6)7)42-34(47)32(44(17)36(49)51-39(11,12)13)40(14,15)28-21-19-18-20-22-28/h18-23,25,27,29,31-32H,24H2,1-17H3,(H,41,46)(H,42,47)/b26-23+/t27-,29-,31-,32-/m1/s1. The summed E-state index contributed by atoms with van der Waals surface area (Å²) < 4.78 is 11.0. The second kappa shape index (κ2) is 17.6. The van der Waals surface area contributed by atoms with Gasteiger partial charge >= 0.3 is 12.1 Å². The molecule has 1 rings (SSSR count). The van der Waals surface area contributed by atoms with Crippen molar-refractivity contribution in [3.8, 4) is 0 Å². The summed E-state index contributed by atoms with van der Waals surface area (Å²) in [6, 6.07) is 6.41. The molecule has 0 aliphatic heterocycles. The number of hydrogen-bond acceptors (Lipinski definition) is 7. The molecule has 0 spiro atoms. The first-order chi connectivity index (χ1) is 23.0. The van der Waals surface area contributed by atoms with Gasteiger partial charge in [-0.2, -0.15) is 0 Å². The van der Waals surface area contributed by atoms with Crippen molar-refractivity contribution >= 4 is 29.8 Å². The maximum Gasteiger partial charge on any atom is 0.410 e. The van der Waals surface area contributed by atoms with E-state index in [-0.39, 0.29) is 24.2 Å². The van der Waals surface area contributed by atoms with Crippen molar-refractivity contribution in [3.05, 3.63) is 47.5 Å². The molecule has 4 atom stereocenters. The molecule has 0 radical (unpaired) electrons. The van der Waals surface area contributed by atoms with E-state index in [0.29, 0.717) is 5.57 Å². The van der Waals surface area contributed by atoms with E-state index in [1.165, 1.54) is 11.9 Å². The molecule has 4 amide bonds. The number of nitrogens with zero attached hydrogens (tertiary/aromatic N) is 2. The van der Waals surface area contributed by atoms with Crippen molar-refractivity contribution in [1.29, 1.82) is 0 Å². The van der Waals surface area contributed by atoms with E-state index in [1.807, 2.05) is 78.8 Å². The van der Waals surface area contributed by atoms with Gasteiger partial charge in [0.05, 0.1) is 12.5 Å². The van der Waals surface area contributed by atoms with Crippen LogP contribution in [0, 0.1) is 11.3 Å². The zero-order valence-electron chi connectivity index (χ0n) is 34.3. The van der Waals surface area contributed by atoms with E-state index >= 15 is 0 Å². The average molecular weight is 715 g/mol. The van der Waals surface area contributed by atoms with E-state index in [1.54, 1.807) is 73.4 Å². The number of carbonyl (C=O) groups is 5. The predicted molar refractivity (Wildman–Crippen MR) is 202 cm³/mol. The fourth-order valence-electron chi connectivity index (χ4n) is 5.78. The number of ether oxygens (including phenoxy) is 2. The molecule has 0 bridgehead atoms. The lowest BCUT2D eigenvalue weighted by molar-refractivity contribution is -0.155. The van der Waals surface area contributed by atoms with E-state index in [2.05, 4.69) is 10.6 Å². The summed E-state index contributed by atoms with van der Waals surface area (Å²) in [6.45, 7) is 27.3. The summed E-state index contributed by atoms with van der Waals surface area (Å²) in [7, 11) is 3.19. The van der Waals surface area contributed by atoms with Gasteiger partial charge in [0.2, 0.25) is 17.7 Å². The van der Waals surface area contributed by atoms with Crippen LogP contribution in [-0.2, 0) is 34.1 Å². The summed E-state index contributed by atoms with van der Waals surface area (Å²) >= 11 is 0. The van der Waals surface area contributed by atoms with Gasteiger partial charge in [-0.25, -0.2) is 4.79 Å². The van der Waals surface area contributed by atoms with Crippen LogP contribution in [0.4, 0.5) is 4.79 Å². The molecule has 1 aromatic carbocycles. The first-order valence-corrected chi connectivity index (χ1v) is 17.8. The van der Waals surface area contributed by atoms with Gasteiger partial charge in [-0.3, -0.25) is 24.1 Å². The van der Waals surface area contributed by atoms with Crippen LogP contribution >= 0.6 is 0 Å². The monoisotopic (exact) mass is 714 g/mol. The minimum absolute atomic E-state index is 0.0143. The quantitative estimate of drug-likeness (QED) is 0.179. The molecule has 0 saturated carbocycles. The smallest absolute Gasteiger partial charge is 0.410 e. The molecular formula is C40H66N4O7. The van der Waals surface area contributed by atoms with E-state index < -0.39 is 64.2 Å². The molecule has 11 nitrogen and oxygen atoms in total. The van der Waals surface area contributed by atoms with Gasteiger partial charge in [-0.15, -0.1) is 0 Å².